The van der Waals surface area contributed by atoms with Gasteiger partial charge in [0, 0.05) is 59.0 Å². The number of nitrogens with zero attached hydrogens (tertiary/aromatic N) is 2. The molecule has 0 aliphatic carbocycles. The van der Waals surface area contributed by atoms with Crippen LogP contribution in [0.1, 0.15) is 69.4 Å². The van der Waals surface area contributed by atoms with Gasteiger partial charge in [0.2, 0.25) is 0 Å². The first kappa shape index (κ1) is 34.2. The molecule has 0 saturated carbocycles. The topological polar surface area (TPSA) is 114 Å². The summed E-state index contributed by atoms with van der Waals surface area (Å²) in [7, 11) is 3.14. The Kier molecular flexibility index (Phi) is 11.2. The van der Waals surface area contributed by atoms with Crippen LogP contribution in [0.3, 0.4) is 0 Å². The van der Waals surface area contributed by atoms with Gasteiger partial charge in [0.05, 0.1) is 26.3 Å². The molecule has 3 aromatic rings. The summed E-state index contributed by atoms with van der Waals surface area (Å²) in [5.41, 5.74) is 2.70. The number of nitrogens with one attached hydrogen (secondary N) is 1. The molecule has 0 aromatic heterocycles. The minimum absolute atomic E-state index is 0.192. The van der Waals surface area contributed by atoms with Crippen molar-refractivity contribution in [3.8, 4) is 11.5 Å². The Balaban J connectivity index is 1.58. The maximum absolute atomic E-state index is 14.2. The predicted octanol–water partition coefficient (Wildman–Crippen LogP) is 6.38. The van der Waals surface area contributed by atoms with Gasteiger partial charge >= 0.3 is 6.09 Å². The fourth-order valence-electron chi connectivity index (χ4n) is 4.92. The van der Waals surface area contributed by atoms with Crippen molar-refractivity contribution in [2.24, 2.45) is 0 Å². The van der Waals surface area contributed by atoms with E-state index in [9.17, 15) is 19.2 Å². The number of amides is 3. The van der Waals surface area contributed by atoms with Crippen LogP contribution in [0.2, 0.25) is 0 Å². The Hall–Kier alpha value is -4.64. The first-order valence-electron chi connectivity index (χ1n) is 14.7. The maximum Gasteiger partial charge on any atom is 0.410 e. The van der Waals surface area contributed by atoms with Crippen LogP contribution in [0.4, 0.5) is 4.79 Å². The first-order valence-corrected chi connectivity index (χ1v) is 15.5. The molecule has 46 heavy (non-hydrogen) atoms. The van der Waals surface area contributed by atoms with E-state index in [-0.39, 0.29) is 24.9 Å². The molecule has 0 saturated heterocycles. The summed E-state index contributed by atoms with van der Waals surface area (Å²) in [6.45, 7) is 6.55. The maximum atomic E-state index is 14.2. The third-order valence-electron chi connectivity index (χ3n) is 7.30. The van der Waals surface area contributed by atoms with E-state index >= 15 is 0 Å². The fourth-order valence-corrected chi connectivity index (χ4v) is 5.52. The average molecular weight is 693 g/mol. The number of rotatable bonds is 10. The van der Waals surface area contributed by atoms with Crippen molar-refractivity contribution in [3.05, 3.63) is 105 Å². The molecular weight excluding hydrogens is 654 g/mol. The summed E-state index contributed by atoms with van der Waals surface area (Å²) >= 11 is 3.57. The number of carbonyl (C=O) groups is 4. The number of hydrogen-bond donors (Lipinski definition) is 1. The van der Waals surface area contributed by atoms with Crippen LogP contribution >= 0.6 is 15.9 Å². The van der Waals surface area contributed by atoms with E-state index < -0.39 is 11.7 Å². The summed E-state index contributed by atoms with van der Waals surface area (Å²) in [5.74, 6) is 0.578. The quantitative estimate of drug-likeness (QED) is 0.246. The molecule has 0 atom stereocenters. The molecule has 0 spiro atoms. The lowest BCUT2D eigenvalue weighted by molar-refractivity contribution is 0.0259. The molecule has 0 radical (unpaired) electrons. The second-order valence-corrected chi connectivity index (χ2v) is 12.5. The molecule has 0 bridgehead atoms. The van der Waals surface area contributed by atoms with Gasteiger partial charge in [-0.2, -0.15) is 0 Å². The largest absolute Gasteiger partial charge is 0.497 e. The van der Waals surface area contributed by atoms with Gasteiger partial charge < -0.3 is 29.3 Å². The van der Waals surface area contributed by atoms with Crippen LogP contribution in [0.25, 0.3) is 0 Å². The van der Waals surface area contributed by atoms with Crippen molar-refractivity contribution < 1.29 is 33.4 Å². The highest BCUT2D eigenvalue weighted by atomic mass is 79.9. The molecule has 3 aromatic carbocycles. The molecule has 0 unspecified atom stereocenters. The second-order valence-electron chi connectivity index (χ2n) is 11.6. The van der Waals surface area contributed by atoms with Gasteiger partial charge in [-0.25, -0.2) is 4.79 Å². The summed E-state index contributed by atoms with van der Waals surface area (Å²) in [6.07, 6.45) is 2.55. The minimum atomic E-state index is -0.616. The van der Waals surface area contributed by atoms with Crippen LogP contribution in [0.15, 0.2) is 76.9 Å². The van der Waals surface area contributed by atoms with Crippen molar-refractivity contribution in [1.29, 1.82) is 0 Å². The van der Waals surface area contributed by atoms with Crippen molar-refractivity contribution >= 4 is 40.1 Å². The highest BCUT2D eigenvalue weighted by Gasteiger charge is 2.29. The van der Waals surface area contributed by atoms with Crippen LogP contribution in [0, 0.1) is 0 Å². The molecule has 1 aliphatic heterocycles. The number of hydrogen-bond acceptors (Lipinski definition) is 7. The monoisotopic (exact) mass is 691 g/mol. The Morgan fingerprint density at radius 2 is 1.76 bits per heavy atom. The molecule has 1 heterocycles. The van der Waals surface area contributed by atoms with Gasteiger partial charge in [-0.05, 0) is 78.7 Å². The van der Waals surface area contributed by atoms with Crippen LogP contribution in [0.5, 0.6) is 11.5 Å². The highest BCUT2D eigenvalue weighted by molar-refractivity contribution is 9.10. The standard InChI is InChI=1S/C35H38BrN3O7/c1-35(2,3)46-34(43)38-16-14-26(15-17-38)39(21-24-11-12-27(44-4)19-31(24)45-5)33(42)29-13-10-23(18-30(29)36)20-37-32(41)28-9-7-6-8-25(28)22-40/h6-14,18-19,22H,15-17,20-21H2,1-5H3,(H,37,41). The lowest BCUT2D eigenvalue weighted by Crippen LogP contribution is -2.41. The predicted molar refractivity (Wildman–Crippen MR) is 177 cm³/mol. The van der Waals surface area contributed by atoms with E-state index in [1.165, 1.54) is 0 Å². The number of benzene rings is 3. The summed E-state index contributed by atoms with van der Waals surface area (Å²) < 4.78 is 17.1. The van der Waals surface area contributed by atoms with E-state index in [0.29, 0.717) is 58.5 Å². The fraction of sp³-hybridized carbons (Fsp3) is 0.314. The molecule has 4 rings (SSSR count). The van der Waals surface area contributed by atoms with Crippen LogP contribution in [-0.4, -0.2) is 66.9 Å². The molecule has 10 nitrogen and oxygen atoms in total. The lowest BCUT2D eigenvalue weighted by atomic mass is 10.1. The average Bonchev–Trinajstić information content (AvgIpc) is 3.05. The Bertz CT molecular complexity index is 1650. The van der Waals surface area contributed by atoms with E-state index in [4.69, 9.17) is 14.2 Å². The number of ether oxygens (including phenoxy) is 3. The zero-order chi connectivity index (χ0) is 33.4. The van der Waals surface area contributed by atoms with E-state index in [1.807, 2.05) is 39.0 Å². The molecule has 1 aliphatic rings. The van der Waals surface area contributed by atoms with E-state index in [1.54, 1.807) is 72.6 Å². The van der Waals surface area contributed by atoms with Crippen molar-refractivity contribution in [2.45, 2.75) is 45.9 Å². The van der Waals surface area contributed by atoms with Gasteiger partial charge in [0.15, 0.2) is 6.29 Å². The number of carbonyl (C=O) groups excluding carboxylic acids is 4. The lowest BCUT2D eigenvalue weighted by Gasteiger charge is -2.33. The summed E-state index contributed by atoms with van der Waals surface area (Å²) in [6, 6.07) is 17.3. The van der Waals surface area contributed by atoms with Crippen molar-refractivity contribution in [1.82, 2.24) is 15.1 Å². The number of aldehydes is 1. The molecular formula is C35H38BrN3O7. The minimum Gasteiger partial charge on any atom is -0.497 e. The van der Waals surface area contributed by atoms with E-state index in [0.717, 1.165) is 16.8 Å². The van der Waals surface area contributed by atoms with Crippen molar-refractivity contribution in [3.63, 3.8) is 0 Å². The highest BCUT2D eigenvalue weighted by Crippen LogP contribution is 2.31. The summed E-state index contributed by atoms with van der Waals surface area (Å²) in [5, 5.41) is 2.83. The van der Waals surface area contributed by atoms with Crippen molar-refractivity contribution in [2.75, 3.05) is 27.3 Å². The van der Waals surface area contributed by atoms with E-state index in [2.05, 4.69) is 21.2 Å². The normalized spacial score (nSPS) is 12.9. The Morgan fingerprint density at radius 3 is 2.39 bits per heavy atom. The van der Waals surface area contributed by atoms with Gasteiger partial charge in [0.1, 0.15) is 17.1 Å². The summed E-state index contributed by atoms with van der Waals surface area (Å²) in [4.78, 5) is 54.2. The smallest absolute Gasteiger partial charge is 0.410 e. The van der Waals surface area contributed by atoms with Gasteiger partial charge in [-0.15, -0.1) is 0 Å². The number of methoxy groups -OCH3 is 2. The Morgan fingerprint density at radius 1 is 1.00 bits per heavy atom. The first-order chi connectivity index (χ1) is 21.9. The molecule has 0 fully saturated rings. The van der Waals surface area contributed by atoms with Gasteiger partial charge in [-0.1, -0.05) is 24.3 Å². The molecule has 3 amide bonds. The van der Waals surface area contributed by atoms with Crippen LogP contribution < -0.4 is 14.8 Å². The third kappa shape index (κ3) is 8.54. The second kappa shape index (κ2) is 15.1. The van der Waals surface area contributed by atoms with Gasteiger partial charge in [-0.3, -0.25) is 14.4 Å². The molecule has 1 N–H and O–H groups in total. The number of halogens is 1. The Labute approximate surface area is 277 Å². The zero-order valence-electron chi connectivity index (χ0n) is 26.6. The SMILES string of the molecule is COc1ccc(CN(C(=O)c2ccc(CNC(=O)c3ccccc3C=O)cc2Br)C2=CCN(C(=O)OC(C)(C)C)CC2)c(OC)c1. The van der Waals surface area contributed by atoms with Gasteiger partial charge in [0.25, 0.3) is 11.8 Å². The van der Waals surface area contributed by atoms with Crippen LogP contribution in [-0.2, 0) is 17.8 Å². The molecule has 242 valence electrons. The zero-order valence-corrected chi connectivity index (χ0v) is 28.2. The molecule has 11 heteroatoms. The third-order valence-corrected chi connectivity index (χ3v) is 7.96.